The number of hydrogen-bond acceptors (Lipinski definition) is 4. The molecule has 1 fully saturated rings. The van der Waals surface area contributed by atoms with E-state index < -0.39 is 0 Å². The van der Waals surface area contributed by atoms with E-state index in [1.165, 1.54) is 0 Å². The molecule has 0 spiro atoms. The van der Waals surface area contributed by atoms with Gasteiger partial charge in [-0.15, -0.1) is 0 Å². The molecule has 1 aromatic rings. The van der Waals surface area contributed by atoms with Crippen LogP contribution in [0.5, 0.6) is 0 Å². The molecule has 4 nitrogen and oxygen atoms in total. The normalized spacial score (nSPS) is 24.9. The van der Waals surface area contributed by atoms with E-state index in [2.05, 4.69) is 15.3 Å². The van der Waals surface area contributed by atoms with Crippen LogP contribution in [0.4, 0.5) is 5.82 Å². The second-order valence-electron chi connectivity index (χ2n) is 3.98. The highest BCUT2D eigenvalue weighted by Gasteiger charge is 2.34. The Morgan fingerprint density at radius 3 is 2.50 bits per heavy atom. The zero-order valence-corrected chi connectivity index (χ0v) is 8.83. The van der Waals surface area contributed by atoms with Crippen LogP contribution in [-0.2, 0) is 0 Å². The summed E-state index contributed by atoms with van der Waals surface area (Å²) in [6.07, 6.45) is 1.04. The third-order valence-electron chi connectivity index (χ3n) is 2.66. The van der Waals surface area contributed by atoms with E-state index in [0.717, 1.165) is 29.3 Å². The van der Waals surface area contributed by atoms with Crippen LogP contribution in [0.15, 0.2) is 0 Å². The number of hydrogen-bond donors (Lipinski definition) is 2. The lowest BCUT2D eigenvalue weighted by molar-refractivity contribution is 0.947. The van der Waals surface area contributed by atoms with Crippen molar-refractivity contribution in [2.45, 2.75) is 39.3 Å². The van der Waals surface area contributed by atoms with Crippen molar-refractivity contribution >= 4 is 5.82 Å². The summed E-state index contributed by atoms with van der Waals surface area (Å²) < 4.78 is 0. The van der Waals surface area contributed by atoms with Gasteiger partial charge in [-0.1, -0.05) is 0 Å². The van der Waals surface area contributed by atoms with Crippen molar-refractivity contribution in [3.05, 3.63) is 17.1 Å². The van der Waals surface area contributed by atoms with Gasteiger partial charge in [0.25, 0.3) is 0 Å². The van der Waals surface area contributed by atoms with Crippen LogP contribution >= 0.6 is 0 Å². The second-order valence-corrected chi connectivity index (χ2v) is 3.98. The average molecular weight is 192 g/mol. The molecular formula is C10H16N4. The summed E-state index contributed by atoms with van der Waals surface area (Å²) in [4.78, 5) is 8.67. The van der Waals surface area contributed by atoms with Gasteiger partial charge in [-0.2, -0.15) is 0 Å². The SMILES string of the molecule is Cc1nc(C)c(C)c(NC2CC2N)n1. The van der Waals surface area contributed by atoms with E-state index in [9.17, 15) is 0 Å². The van der Waals surface area contributed by atoms with Crippen molar-refractivity contribution in [2.75, 3.05) is 5.32 Å². The van der Waals surface area contributed by atoms with Crippen LogP contribution < -0.4 is 11.1 Å². The predicted molar refractivity (Wildman–Crippen MR) is 56.2 cm³/mol. The molecule has 0 amide bonds. The summed E-state index contributed by atoms with van der Waals surface area (Å²) in [5.41, 5.74) is 7.89. The quantitative estimate of drug-likeness (QED) is 0.731. The van der Waals surface area contributed by atoms with Gasteiger partial charge < -0.3 is 11.1 Å². The molecule has 76 valence electrons. The van der Waals surface area contributed by atoms with Crippen molar-refractivity contribution in [2.24, 2.45) is 5.73 Å². The van der Waals surface area contributed by atoms with Crippen molar-refractivity contribution in [3.63, 3.8) is 0 Å². The number of nitrogens with one attached hydrogen (secondary N) is 1. The Morgan fingerprint density at radius 1 is 1.29 bits per heavy atom. The molecule has 1 aliphatic carbocycles. The fourth-order valence-electron chi connectivity index (χ4n) is 1.47. The van der Waals surface area contributed by atoms with E-state index in [1.54, 1.807) is 0 Å². The molecule has 1 aromatic heterocycles. The van der Waals surface area contributed by atoms with Gasteiger partial charge in [0.2, 0.25) is 0 Å². The van der Waals surface area contributed by atoms with E-state index in [1.807, 2.05) is 20.8 Å². The summed E-state index contributed by atoms with van der Waals surface area (Å²) >= 11 is 0. The topological polar surface area (TPSA) is 63.8 Å². The van der Waals surface area contributed by atoms with Gasteiger partial charge in [0, 0.05) is 23.3 Å². The van der Waals surface area contributed by atoms with Crippen molar-refractivity contribution < 1.29 is 0 Å². The second kappa shape index (κ2) is 3.20. The third-order valence-corrected chi connectivity index (χ3v) is 2.66. The largest absolute Gasteiger partial charge is 0.365 e. The zero-order valence-electron chi connectivity index (χ0n) is 8.83. The molecule has 0 aliphatic heterocycles. The number of anilines is 1. The zero-order chi connectivity index (χ0) is 10.3. The van der Waals surface area contributed by atoms with Gasteiger partial charge in [0.15, 0.2) is 0 Å². The standard InChI is InChI=1S/C10H16N4/c1-5-6(2)12-7(3)13-10(5)14-9-4-8(9)11/h8-9H,4,11H2,1-3H3,(H,12,13,14). The molecule has 14 heavy (non-hydrogen) atoms. The van der Waals surface area contributed by atoms with Crippen LogP contribution in [0, 0.1) is 20.8 Å². The van der Waals surface area contributed by atoms with Crippen LogP contribution in [0.1, 0.15) is 23.5 Å². The first-order valence-electron chi connectivity index (χ1n) is 4.92. The maximum Gasteiger partial charge on any atom is 0.133 e. The van der Waals surface area contributed by atoms with Gasteiger partial charge in [0.05, 0.1) is 0 Å². The van der Waals surface area contributed by atoms with Crippen molar-refractivity contribution in [3.8, 4) is 0 Å². The monoisotopic (exact) mass is 192 g/mol. The Morgan fingerprint density at radius 2 is 1.93 bits per heavy atom. The lowest BCUT2D eigenvalue weighted by Gasteiger charge is -2.10. The fraction of sp³-hybridized carbons (Fsp3) is 0.600. The van der Waals surface area contributed by atoms with Gasteiger partial charge in [-0.3, -0.25) is 0 Å². The highest BCUT2D eigenvalue weighted by Crippen LogP contribution is 2.25. The first-order chi connectivity index (χ1) is 6.58. The first-order valence-corrected chi connectivity index (χ1v) is 4.92. The maximum atomic E-state index is 5.73. The molecule has 0 aromatic carbocycles. The first kappa shape index (κ1) is 9.40. The molecule has 1 saturated carbocycles. The van der Waals surface area contributed by atoms with Crippen LogP contribution in [-0.4, -0.2) is 22.1 Å². The predicted octanol–water partition coefficient (Wildman–Crippen LogP) is 0.913. The Labute approximate surface area is 83.9 Å². The summed E-state index contributed by atoms with van der Waals surface area (Å²) in [5, 5.41) is 3.34. The van der Waals surface area contributed by atoms with Gasteiger partial charge in [0.1, 0.15) is 11.6 Å². The lowest BCUT2D eigenvalue weighted by Crippen LogP contribution is -2.15. The lowest BCUT2D eigenvalue weighted by atomic mass is 10.2. The highest BCUT2D eigenvalue weighted by atomic mass is 15.1. The number of rotatable bonds is 2. The van der Waals surface area contributed by atoms with Gasteiger partial charge in [-0.05, 0) is 27.2 Å². The van der Waals surface area contributed by atoms with Crippen molar-refractivity contribution in [1.82, 2.24) is 9.97 Å². The number of nitrogens with two attached hydrogens (primary N) is 1. The van der Waals surface area contributed by atoms with Crippen molar-refractivity contribution in [1.29, 1.82) is 0 Å². The molecule has 2 atom stereocenters. The Balaban J connectivity index is 2.23. The molecule has 0 radical (unpaired) electrons. The fourth-order valence-corrected chi connectivity index (χ4v) is 1.47. The smallest absolute Gasteiger partial charge is 0.133 e. The maximum absolute atomic E-state index is 5.73. The summed E-state index contributed by atoms with van der Waals surface area (Å²) in [5.74, 6) is 1.75. The van der Waals surface area contributed by atoms with Gasteiger partial charge in [-0.25, -0.2) is 9.97 Å². The van der Waals surface area contributed by atoms with Gasteiger partial charge >= 0.3 is 0 Å². The van der Waals surface area contributed by atoms with Crippen LogP contribution in [0.3, 0.4) is 0 Å². The minimum absolute atomic E-state index is 0.296. The third kappa shape index (κ3) is 1.70. The Kier molecular flexibility index (Phi) is 2.15. The number of aryl methyl sites for hydroxylation is 2. The van der Waals surface area contributed by atoms with E-state index >= 15 is 0 Å². The number of aromatic nitrogens is 2. The molecule has 0 bridgehead atoms. The molecule has 0 saturated heterocycles. The van der Waals surface area contributed by atoms with Crippen LogP contribution in [0.25, 0.3) is 0 Å². The average Bonchev–Trinajstić information content (AvgIpc) is 2.77. The minimum Gasteiger partial charge on any atom is -0.365 e. The number of nitrogens with zero attached hydrogens (tertiary/aromatic N) is 2. The summed E-state index contributed by atoms with van der Waals surface area (Å²) in [6, 6.07) is 0.701. The highest BCUT2D eigenvalue weighted by molar-refractivity contribution is 5.47. The Hall–Kier alpha value is -1.16. The van der Waals surface area contributed by atoms with E-state index in [-0.39, 0.29) is 0 Å². The van der Waals surface area contributed by atoms with E-state index in [0.29, 0.717) is 12.1 Å². The summed E-state index contributed by atoms with van der Waals surface area (Å²) in [7, 11) is 0. The van der Waals surface area contributed by atoms with E-state index in [4.69, 9.17) is 5.73 Å². The molecule has 4 heteroatoms. The molecule has 2 unspecified atom stereocenters. The van der Waals surface area contributed by atoms with Crippen LogP contribution in [0.2, 0.25) is 0 Å². The molecule has 3 N–H and O–H groups in total. The minimum atomic E-state index is 0.296. The molecular weight excluding hydrogens is 176 g/mol. The Bertz CT molecular complexity index is 361. The molecule has 1 aliphatic rings. The summed E-state index contributed by atoms with van der Waals surface area (Å²) in [6.45, 7) is 5.94. The molecule has 1 heterocycles. The molecule has 2 rings (SSSR count).